The molecule has 1 amide bonds. The second-order valence-electron chi connectivity index (χ2n) is 8.35. The third kappa shape index (κ3) is 4.29. The van der Waals surface area contributed by atoms with E-state index in [0.29, 0.717) is 35.3 Å². The maximum atomic E-state index is 13.0. The summed E-state index contributed by atoms with van der Waals surface area (Å²) in [7, 11) is 1.60. The summed E-state index contributed by atoms with van der Waals surface area (Å²) in [5.74, 6) is 1.83. The molecule has 1 aliphatic heterocycles. The van der Waals surface area contributed by atoms with Crippen molar-refractivity contribution in [3.8, 4) is 17.0 Å². The van der Waals surface area contributed by atoms with Gasteiger partial charge in [0.25, 0.3) is 0 Å². The van der Waals surface area contributed by atoms with Crippen LogP contribution in [0.5, 0.6) is 5.75 Å². The number of carbonyl (C=O) groups is 1. The van der Waals surface area contributed by atoms with Crippen LogP contribution in [0.3, 0.4) is 0 Å². The second kappa shape index (κ2) is 8.89. The molecule has 1 aliphatic rings. The lowest BCUT2D eigenvalue weighted by molar-refractivity contribution is -0.120. The smallest absolute Gasteiger partial charge is 0.229 e. The Bertz CT molecular complexity index is 1350. The number of ether oxygens (including phenoxy) is 1. The number of anilines is 4. The van der Waals surface area contributed by atoms with Crippen LogP contribution in [-0.2, 0) is 4.79 Å². The lowest BCUT2D eigenvalue weighted by atomic mass is 9.97. The number of fused-ring (bicyclic) bond motifs is 1. The van der Waals surface area contributed by atoms with Crippen LogP contribution in [0.4, 0.5) is 23.3 Å². The second-order valence-corrected chi connectivity index (χ2v) is 8.35. The van der Waals surface area contributed by atoms with Crippen LogP contribution in [-0.4, -0.2) is 46.3 Å². The molecule has 0 saturated carbocycles. The average Bonchev–Trinajstić information content (AvgIpc) is 3.23. The molecule has 5 rings (SSSR count). The van der Waals surface area contributed by atoms with Gasteiger partial charge in [-0.1, -0.05) is 12.1 Å². The molecule has 0 bridgehead atoms. The lowest BCUT2D eigenvalue weighted by Gasteiger charge is -2.33. The Hall–Kier alpha value is -4.34. The number of aromatic nitrogens is 4. The number of hydrogen-bond donors (Lipinski definition) is 4. The van der Waals surface area contributed by atoms with Crippen molar-refractivity contribution in [2.24, 2.45) is 5.92 Å². The van der Waals surface area contributed by atoms with Crippen molar-refractivity contribution in [2.75, 3.05) is 41.9 Å². The van der Waals surface area contributed by atoms with Crippen molar-refractivity contribution in [3.05, 3.63) is 48.5 Å². The van der Waals surface area contributed by atoms with Crippen molar-refractivity contribution in [1.82, 2.24) is 20.2 Å². The standard InChI is InChI=1S/C24H26N8O2/c1-34-17-6-2-5-16(11-17)27-23(33)15-4-3-9-32(13-15)21-12-19(28-24(26)29-21)14-7-8-18-20(10-14)30-31-22(18)25/h2,5-8,10-12,15H,3-4,9,13H2,1H3,(H,27,33)(H3,25,30,31)(H2,26,28,29)/t15-/m0/s1. The first-order valence-electron chi connectivity index (χ1n) is 11.1. The fourth-order valence-corrected chi connectivity index (χ4v) is 4.31. The first-order valence-corrected chi connectivity index (χ1v) is 11.1. The predicted molar refractivity (Wildman–Crippen MR) is 133 cm³/mol. The van der Waals surface area contributed by atoms with E-state index >= 15 is 0 Å². The van der Waals surface area contributed by atoms with Gasteiger partial charge in [0.2, 0.25) is 11.9 Å². The van der Waals surface area contributed by atoms with Gasteiger partial charge in [0.15, 0.2) is 5.82 Å². The summed E-state index contributed by atoms with van der Waals surface area (Å²) < 4.78 is 5.24. The number of benzene rings is 2. The summed E-state index contributed by atoms with van der Waals surface area (Å²) in [5.41, 5.74) is 15.0. The van der Waals surface area contributed by atoms with E-state index in [4.69, 9.17) is 16.2 Å². The maximum absolute atomic E-state index is 13.0. The SMILES string of the molecule is COc1cccc(NC(=O)[C@H]2CCCN(c3cc(-c4ccc5c(N)n[nH]c5c4)nc(N)n3)C2)c1. The number of nitrogens with zero attached hydrogens (tertiary/aromatic N) is 4. The van der Waals surface area contributed by atoms with E-state index in [0.717, 1.165) is 35.9 Å². The molecular weight excluding hydrogens is 432 g/mol. The Kier molecular flexibility index (Phi) is 5.62. The molecule has 10 heteroatoms. The normalized spacial score (nSPS) is 15.9. The summed E-state index contributed by atoms with van der Waals surface area (Å²) >= 11 is 0. The Balaban J connectivity index is 1.35. The molecule has 1 atom stereocenters. The number of rotatable bonds is 5. The molecule has 10 nitrogen and oxygen atoms in total. The van der Waals surface area contributed by atoms with Crippen LogP contribution in [0.15, 0.2) is 48.5 Å². The van der Waals surface area contributed by atoms with Gasteiger partial charge in [-0.05, 0) is 37.1 Å². The van der Waals surface area contributed by atoms with Gasteiger partial charge < -0.3 is 26.4 Å². The van der Waals surface area contributed by atoms with Gasteiger partial charge in [-0.25, -0.2) is 4.98 Å². The molecular formula is C24H26N8O2. The summed E-state index contributed by atoms with van der Waals surface area (Å²) in [5, 5.41) is 10.8. The predicted octanol–water partition coefficient (Wildman–Crippen LogP) is 3.05. The van der Waals surface area contributed by atoms with Crippen LogP contribution in [0.25, 0.3) is 22.2 Å². The zero-order valence-corrected chi connectivity index (χ0v) is 18.8. The quantitative estimate of drug-likeness (QED) is 0.357. The summed E-state index contributed by atoms with van der Waals surface area (Å²) in [6.45, 7) is 1.33. The number of nitrogen functional groups attached to an aromatic ring is 2. The zero-order chi connectivity index (χ0) is 23.7. The number of nitrogens with one attached hydrogen (secondary N) is 2. The number of carbonyl (C=O) groups excluding carboxylic acids is 1. The van der Waals surface area contributed by atoms with Crippen LogP contribution in [0.2, 0.25) is 0 Å². The topological polar surface area (TPSA) is 148 Å². The highest BCUT2D eigenvalue weighted by Crippen LogP contribution is 2.29. The number of methoxy groups -OCH3 is 1. The van der Waals surface area contributed by atoms with Gasteiger partial charge in [-0.3, -0.25) is 9.89 Å². The molecule has 1 saturated heterocycles. The highest BCUT2D eigenvalue weighted by molar-refractivity contribution is 5.93. The summed E-state index contributed by atoms with van der Waals surface area (Å²) in [6, 6.07) is 15.0. The molecule has 4 aromatic rings. The average molecular weight is 459 g/mol. The van der Waals surface area contributed by atoms with E-state index in [9.17, 15) is 4.79 Å². The minimum atomic E-state index is -0.177. The minimum Gasteiger partial charge on any atom is -0.497 e. The summed E-state index contributed by atoms with van der Waals surface area (Å²) in [6.07, 6.45) is 1.67. The monoisotopic (exact) mass is 458 g/mol. The molecule has 3 heterocycles. The van der Waals surface area contributed by atoms with Gasteiger partial charge in [-0.2, -0.15) is 10.1 Å². The first-order chi connectivity index (χ1) is 16.5. The summed E-state index contributed by atoms with van der Waals surface area (Å²) in [4.78, 5) is 23.9. The molecule has 0 radical (unpaired) electrons. The van der Waals surface area contributed by atoms with Gasteiger partial charge in [0.1, 0.15) is 11.6 Å². The minimum absolute atomic E-state index is 0.0255. The van der Waals surface area contributed by atoms with E-state index < -0.39 is 0 Å². The highest BCUT2D eigenvalue weighted by Gasteiger charge is 2.27. The number of hydrogen-bond acceptors (Lipinski definition) is 8. The van der Waals surface area contributed by atoms with Gasteiger partial charge >= 0.3 is 0 Å². The molecule has 174 valence electrons. The third-order valence-corrected chi connectivity index (χ3v) is 6.07. The van der Waals surface area contributed by atoms with Crippen molar-refractivity contribution < 1.29 is 9.53 Å². The van der Waals surface area contributed by atoms with E-state index in [1.54, 1.807) is 13.2 Å². The Morgan fingerprint density at radius 1 is 1.18 bits per heavy atom. The number of amides is 1. The number of nitrogens with two attached hydrogens (primary N) is 2. The number of H-pyrrole nitrogens is 1. The van der Waals surface area contributed by atoms with Crippen molar-refractivity contribution >= 4 is 40.1 Å². The molecule has 0 aliphatic carbocycles. The highest BCUT2D eigenvalue weighted by atomic mass is 16.5. The van der Waals surface area contributed by atoms with Crippen LogP contribution < -0.4 is 26.4 Å². The maximum Gasteiger partial charge on any atom is 0.229 e. The van der Waals surface area contributed by atoms with E-state index in [1.807, 2.05) is 42.5 Å². The van der Waals surface area contributed by atoms with Crippen LogP contribution in [0.1, 0.15) is 12.8 Å². The molecule has 0 unspecified atom stereocenters. The Labute approximate surface area is 196 Å². The van der Waals surface area contributed by atoms with E-state index in [1.165, 1.54) is 0 Å². The van der Waals surface area contributed by atoms with Gasteiger partial charge in [0, 0.05) is 41.9 Å². The van der Waals surface area contributed by atoms with E-state index in [2.05, 4.69) is 30.4 Å². The fraction of sp³-hybridized carbons (Fsp3) is 0.250. The van der Waals surface area contributed by atoms with E-state index in [-0.39, 0.29) is 17.8 Å². The van der Waals surface area contributed by atoms with Gasteiger partial charge in [-0.15, -0.1) is 0 Å². The van der Waals surface area contributed by atoms with Crippen LogP contribution >= 0.6 is 0 Å². The Morgan fingerprint density at radius 2 is 2.06 bits per heavy atom. The van der Waals surface area contributed by atoms with Crippen LogP contribution in [0, 0.1) is 5.92 Å². The fourth-order valence-electron chi connectivity index (χ4n) is 4.31. The zero-order valence-electron chi connectivity index (χ0n) is 18.8. The number of piperidine rings is 1. The molecule has 0 spiro atoms. The molecule has 1 fully saturated rings. The largest absolute Gasteiger partial charge is 0.497 e. The number of aromatic amines is 1. The Morgan fingerprint density at radius 3 is 2.91 bits per heavy atom. The molecule has 2 aromatic heterocycles. The molecule has 6 N–H and O–H groups in total. The lowest BCUT2D eigenvalue weighted by Crippen LogP contribution is -2.41. The first kappa shape index (κ1) is 21.5. The third-order valence-electron chi connectivity index (χ3n) is 6.07. The van der Waals surface area contributed by atoms with Crippen molar-refractivity contribution in [3.63, 3.8) is 0 Å². The molecule has 34 heavy (non-hydrogen) atoms. The van der Waals surface area contributed by atoms with Crippen molar-refractivity contribution in [2.45, 2.75) is 12.8 Å². The molecule has 2 aromatic carbocycles. The van der Waals surface area contributed by atoms with Crippen molar-refractivity contribution in [1.29, 1.82) is 0 Å². The van der Waals surface area contributed by atoms with Gasteiger partial charge in [0.05, 0.1) is 24.2 Å².